The van der Waals surface area contributed by atoms with Crippen LogP contribution in [0.5, 0.6) is 0 Å². The van der Waals surface area contributed by atoms with Crippen molar-refractivity contribution in [2.24, 2.45) is 17.8 Å². The van der Waals surface area contributed by atoms with Crippen LogP contribution in [-0.2, 0) is 8.57 Å². The Morgan fingerprint density at radius 1 is 0.974 bits per heavy atom. The van der Waals surface area contributed by atoms with Crippen molar-refractivity contribution in [3.63, 3.8) is 0 Å². The molecule has 7 unspecified atom stereocenters. The van der Waals surface area contributed by atoms with Gasteiger partial charge < -0.3 is 0 Å². The van der Waals surface area contributed by atoms with E-state index in [0.717, 1.165) is 12.8 Å². The summed E-state index contributed by atoms with van der Waals surface area (Å²) in [6.07, 6.45) is -16.7. The number of aliphatic hydroxyl groups excluding tert-OH is 3. The van der Waals surface area contributed by atoms with Gasteiger partial charge in [0.25, 0.3) is 0 Å². The second kappa shape index (κ2) is 12.4. The first-order valence-electron chi connectivity index (χ1n) is 13.0. The van der Waals surface area contributed by atoms with Gasteiger partial charge in [0, 0.05) is 0 Å². The molecule has 17 heteroatoms. The van der Waals surface area contributed by atoms with Crippen molar-refractivity contribution >= 4 is 14.1 Å². The number of nitrogens with zero attached hydrogens (tertiary/aromatic N) is 1. The van der Waals surface area contributed by atoms with Gasteiger partial charge in [0.2, 0.25) is 0 Å². The molecule has 228 valence electrons. The first kappa shape index (κ1) is 31.4. The average molecular weight is 647 g/mol. The number of hydrogen-bond acceptors (Lipinski definition) is 8. The predicted molar refractivity (Wildman–Crippen MR) is 121 cm³/mol. The fourth-order valence-corrected chi connectivity index (χ4v) is 9.15. The van der Waals surface area contributed by atoms with Crippen molar-refractivity contribution in [1.82, 2.24) is 20.3 Å². The Morgan fingerprint density at radius 3 is 2.28 bits per heavy atom. The molecule has 2 saturated carbocycles. The molecule has 0 aromatic carbocycles. The molecule has 2 aliphatic heterocycles. The molecule has 2 aliphatic carbocycles. The zero-order chi connectivity index (χ0) is 28.7. The molecule has 6 N–H and O–H groups in total. The summed E-state index contributed by atoms with van der Waals surface area (Å²) in [5.41, 5.74) is 5.87. The second-order valence-corrected chi connectivity index (χ2v) is 14.1. The summed E-state index contributed by atoms with van der Waals surface area (Å²) in [5, 5.41) is 33.0. The Hall–Kier alpha value is -0.491. The number of rotatable bonds is 6. The van der Waals surface area contributed by atoms with E-state index in [1.165, 1.54) is 5.01 Å². The third-order valence-corrected chi connectivity index (χ3v) is 11.6. The van der Waals surface area contributed by atoms with E-state index in [2.05, 4.69) is 15.3 Å². The first-order chi connectivity index (χ1) is 18.2. The number of halogens is 7. The van der Waals surface area contributed by atoms with Crippen LogP contribution in [0.25, 0.3) is 0 Å². The van der Waals surface area contributed by atoms with Gasteiger partial charge in [0.15, 0.2) is 0 Å². The van der Waals surface area contributed by atoms with Gasteiger partial charge >= 0.3 is 225 Å². The standard InChI is InChI=1S/C22H35F7N4O5Se/c23-11-3-1-2-10(6-11)15-8-33(32-30-15)17-18(35)16(9-34)38-20(19(17)36)31-39(37)12-4-5-13(21(24,25)26)14(7-12)22(27,28)29/h10-20,30-32,34-36H,1-9H2/t10?,11?,12?,13?,14?,15?,16-,17+,18+,19-,20-,39?/m1/s1. The SMILES string of the molecule is O=[Se](N[C@@H]1O[C@H](CO)[C@H](O)[C@H](N2CC(C3CCCC(F)C3)NN2)[C@H]1O)C1CCC(C(F)(F)F)C(C(F)(F)F)C1. The third-order valence-electron chi connectivity index (χ3n) is 8.44. The molecule has 2 heterocycles. The Labute approximate surface area is 225 Å². The molecule has 4 aliphatic rings. The van der Waals surface area contributed by atoms with Crippen LogP contribution >= 0.6 is 0 Å². The molecule has 12 atom stereocenters. The van der Waals surface area contributed by atoms with Crippen molar-refractivity contribution in [3.8, 4) is 0 Å². The van der Waals surface area contributed by atoms with Crippen LogP contribution in [0.4, 0.5) is 30.7 Å². The molecule has 4 rings (SSSR count). The zero-order valence-electron chi connectivity index (χ0n) is 20.9. The van der Waals surface area contributed by atoms with Gasteiger partial charge in [-0.25, -0.2) is 0 Å². The topological polar surface area (TPSA) is 126 Å². The van der Waals surface area contributed by atoms with Crippen molar-refractivity contribution in [1.29, 1.82) is 0 Å². The van der Waals surface area contributed by atoms with E-state index in [1.54, 1.807) is 0 Å². The summed E-state index contributed by atoms with van der Waals surface area (Å²) in [5.74, 6) is -5.29. The second-order valence-electron chi connectivity index (χ2n) is 10.9. The maximum atomic E-state index is 13.9. The summed E-state index contributed by atoms with van der Waals surface area (Å²) in [6, 6.07) is -1.34. The van der Waals surface area contributed by atoms with Crippen molar-refractivity contribution < 1.29 is 54.6 Å². The van der Waals surface area contributed by atoms with Crippen LogP contribution in [0.15, 0.2) is 0 Å². The van der Waals surface area contributed by atoms with Crippen molar-refractivity contribution in [2.45, 2.75) is 105 Å². The molecule has 0 spiro atoms. The summed E-state index contributed by atoms with van der Waals surface area (Å²) in [4.78, 5) is -1.21. The number of nitrogens with one attached hydrogen (secondary N) is 3. The fourth-order valence-electron chi connectivity index (χ4n) is 6.32. The fraction of sp³-hybridized carbons (Fsp3) is 1.00. The molecule has 4 fully saturated rings. The van der Waals surface area contributed by atoms with Gasteiger partial charge in [-0.3, -0.25) is 0 Å². The molecule has 0 aromatic rings. The van der Waals surface area contributed by atoms with E-state index >= 15 is 0 Å². The molecule has 0 aromatic heterocycles. The van der Waals surface area contributed by atoms with E-state index in [4.69, 9.17) is 4.74 Å². The number of aliphatic hydroxyl groups is 3. The van der Waals surface area contributed by atoms with E-state index in [9.17, 15) is 49.9 Å². The van der Waals surface area contributed by atoms with Crippen LogP contribution in [-0.4, -0.2) is 103 Å². The minimum absolute atomic E-state index is 0.00553. The van der Waals surface area contributed by atoms with Crippen molar-refractivity contribution in [2.75, 3.05) is 13.2 Å². The summed E-state index contributed by atoms with van der Waals surface area (Å²) >= 11 is -3.50. The summed E-state index contributed by atoms with van der Waals surface area (Å²) in [7, 11) is 0. The van der Waals surface area contributed by atoms with E-state index in [-0.39, 0.29) is 24.9 Å². The Balaban J connectivity index is 1.43. The monoisotopic (exact) mass is 648 g/mol. The van der Waals surface area contributed by atoms with Gasteiger partial charge in [0.05, 0.1) is 0 Å². The van der Waals surface area contributed by atoms with Gasteiger partial charge in [-0.1, -0.05) is 0 Å². The van der Waals surface area contributed by atoms with Crippen LogP contribution in [0, 0.1) is 17.8 Å². The first-order valence-corrected chi connectivity index (χ1v) is 15.6. The molecule has 2 saturated heterocycles. The normalized spacial score (nSPS) is 43.9. The minimum atomic E-state index is -5.13. The van der Waals surface area contributed by atoms with Crippen LogP contribution in [0.1, 0.15) is 44.9 Å². The summed E-state index contributed by atoms with van der Waals surface area (Å²) < 4.78 is 115. The van der Waals surface area contributed by atoms with Gasteiger partial charge in [-0.2, -0.15) is 0 Å². The molecule has 9 nitrogen and oxygen atoms in total. The Morgan fingerprint density at radius 2 is 1.67 bits per heavy atom. The third kappa shape index (κ3) is 7.12. The number of ether oxygens (including phenoxy) is 1. The van der Waals surface area contributed by atoms with E-state index in [1.807, 2.05) is 0 Å². The number of alkyl halides is 7. The predicted octanol–water partition coefficient (Wildman–Crippen LogP) is 1.44. The zero-order valence-corrected chi connectivity index (χ0v) is 22.6. The van der Waals surface area contributed by atoms with Crippen LogP contribution in [0.2, 0.25) is 4.82 Å². The molecule has 0 bridgehead atoms. The molecular formula is C22H35F7N4O5Se. The van der Waals surface area contributed by atoms with Gasteiger partial charge in [0.1, 0.15) is 0 Å². The molecule has 0 radical (unpaired) electrons. The van der Waals surface area contributed by atoms with Crippen LogP contribution in [0.3, 0.4) is 0 Å². The average Bonchev–Trinajstić information content (AvgIpc) is 3.34. The van der Waals surface area contributed by atoms with Gasteiger partial charge in [-0.05, 0) is 0 Å². The molecule has 39 heavy (non-hydrogen) atoms. The quantitative estimate of drug-likeness (QED) is 0.188. The van der Waals surface area contributed by atoms with E-state index in [0.29, 0.717) is 12.8 Å². The van der Waals surface area contributed by atoms with E-state index < -0.39 is 99.3 Å². The Kier molecular flexibility index (Phi) is 9.99. The maximum absolute atomic E-state index is 13.9. The molecular weight excluding hydrogens is 612 g/mol. The number of hydrogen-bond donors (Lipinski definition) is 6. The van der Waals surface area contributed by atoms with Gasteiger partial charge in [-0.15, -0.1) is 0 Å². The number of hydrazine groups is 2. The van der Waals surface area contributed by atoms with Crippen molar-refractivity contribution in [3.05, 3.63) is 0 Å². The summed E-state index contributed by atoms with van der Waals surface area (Å²) in [6.45, 7) is -0.456. The van der Waals surface area contributed by atoms with Crippen LogP contribution < -0.4 is 15.3 Å². The molecule has 0 amide bonds. The Bertz CT molecular complexity index is 859.